The van der Waals surface area contributed by atoms with Crippen molar-refractivity contribution in [2.24, 2.45) is 0 Å². The van der Waals surface area contributed by atoms with Gasteiger partial charge in [-0.2, -0.15) is 31.4 Å². The maximum absolute atomic E-state index is 13.0. The third kappa shape index (κ3) is 6.38. The Kier molecular flexibility index (Phi) is 6.98. The predicted molar refractivity (Wildman–Crippen MR) is 124 cm³/mol. The molecule has 0 radical (unpaired) electrons. The summed E-state index contributed by atoms with van der Waals surface area (Å²) in [4.78, 5) is 12.2. The van der Waals surface area contributed by atoms with Gasteiger partial charge < -0.3 is 15.4 Å². The van der Waals surface area contributed by atoms with Gasteiger partial charge in [0.25, 0.3) is 0 Å². The summed E-state index contributed by atoms with van der Waals surface area (Å²) in [5.41, 5.74) is -1.86. The molecule has 0 aliphatic heterocycles. The van der Waals surface area contributed by atoms with Crippen LogP contribution >= 0.6 is 0 Å². The van der Waals surface area contributed by atoms with Crippen molar-refractivity contribution in [1.29, 1.82) is 0 Å². The maximum Gasteiger partial charge on any atom is 0.416 e. The standard InChI is InChI=1S/C24H18F6N6O2/c1-13-9-14(2)36(35-13)20-7-8-21(34-33-20)38-19-5-3-17(4-6-19)31-22(37)32-18-11-15(23(25,26)27)10-16(12-18)24(28,29)30/h3-12H,1-2H3,(H2,31,32,37). The van der Waals surface area contributed by atoms with Crippen LogP contribution in [0, 0.1) is 13.8 Å². The molecular weight excluding hydrogens is 518 g/mol. The van der Waals surface area contributed by atoms with Gasteiger partial charge in [0.15, 0.2) is 5.82 Å². The number of hydrogen-bond acceptors (Lipinski definition) is 5. The van der Waals surface area contributed by atoms with Gasteiger partial charge in [-0.1, -0.05) is 0 Å². The molecule has 2 amide bonds. The zero-order valence-corrected chi connectivity index (χ0v) is 19.6. The predicted octanol–water partition coefficient (Wildman–Crippen LogP) is 6.75. The van der Waals surface area contributed by atoms with Crippen molar-refractivity contribution < 1.29 is 35.9 Å². The Morgan fingerprint density at radius 1 is 0.789 bits per heavy atom. The van der Waals surface area contributed by atoms with E-state index < -0.39 is 35.2 Å². The van der Waals surface area contributed by atoms with Crippen LogP contribution in [0.4, 0.5) is 42.5 Å². The topological polar surface area (TPSA) is 94.0 Å². The SMILES string of the molecule is Cc1cc(C)n(-c2ccc(Oc3ccc(NC(=O)Nc4cc(C(F)(F)F)cc(C(F)(F)F)c4)cc3)nn2)n1. The van der Waals surface area contributed by atoms with E-state index in [1.165, 1.54) is 24.3 Å². The fourth-order valence-electron chi connectivity index (χ4n) is 3.39. The van der Waals surface area contributed by atoms with Crippen LogP contribution in [0.3, 0.4) is 0 Å². The number of nitrogens with zero attached hydrogens (tertiary/aromatic N) is 4. The number of urea groups is 1. The average molecular weight is 536 g/mol. The van der Waals surface area contributed by atoms with E-state index in [4.69, 9.17) is 4.74 Å². The molecule has 2 N–H and O–H groups in total. The molecule has 0 saturated heterocycles. The number of carbonyl (C=O) groups is 1. The van der Waals surface area contributed by atoms with E-state index in [0.717, 1.165) is 11.4 Å². The molecule has 0 aliphatic rings. The quantitative estimate of drug-likeness (QED) is 0.275. The summed E-state index contributed by atoms with van der Waals surface area (Å²) in [6, 6.07) is 10.7. The fourth-order valence-corrected chi connectivity index (χ4v) is 3.39. The van der Waals surface area contributed by atoms with Crippen LogP contribution in [0.5, 0.6) is 11.6 Å². The molecule has 0 bridgehead atoms. The lowest BCUT2D eigenvalue weighted by molar-refractivity contribution is -0.143. The number of aromatic nitrogens is 4. The van der Waals surface area contributed by atoms with Gasteiger partial charge in [0.1, 0.15) is 5.75 Å². The van der Waals surface area contributed by atoms with E-state index in [1.54, 1.807) is 16.8 Å². The Labute approximate surface area is 211 Å². The summed E-state index contributed by atoms with van der Waals surface area (Å²) in [5.74, 6) is 1.01. The second kappa shape index (κ2) is 10.0. The molecule has 2 aromatic carbocycles. The van der Waals surface area contributed by atoms with E-state index in [0.29, 0.717) is 23.7 Å². The highest BCUT2D eigenvalue weighted by atomic mass is 19.4. The smallest absolute Gasteiger partial charge is 0.416 e. The first-order valence-electron chi connectivity index (χ1n) is 10.8. The minimum absolute atomic E-state index is 0.0287. The average Bonchev–Trinajstić information content (AvgIpc) is 3.17. The third-order valence-electron chi connectivity index (χ3n) is 5.03. The first kappa shape index (κ1) is 26.4. The van der Waals surface area contributed by atoms with Crippen LogP contribution in [-0.2, 0) is 12.4 Å². The van der Waals surface area contributed by atoms with Crippen LogP contribution in [0.15, 0.2) is 60.7 Å². The molecule has 0 unspecified atom stereocenters. The number of halogens is 6. The molecule has 0 aliphatic carbocycles. The molecule has 198 valence electrons. The van der Waals surface area contributed by atoms with Gasteiger partial charge in [-0.15, -0.1) is 10.2 Å². The molecule has 38 heavy (non-hydrogen) atoms. The molecule has 2 heterocycles. The molecule has 4 aromatic rings. The molecule has 4 rings (SSSR count). The number of ether oxygens (including phenoxy) is 1. The first-order valence-corrected chi connectivity index (χ1v) is 10.8. The van der Waals surface area contributed by atoms with Crippen molar-refractivity contribution in [1.82, 2.24) is 20.0 Å². The Bertz CT molecular complexity index is 1420. The van der Waals surface area contributed by atoms with Crippen LogP contribution < -0.4 is 15.4 Å². The van der Waals surface area contributed by atoms with Crippen molar-refractivity contribution in [3.8, 4) is 17.4 Å². The number of rotatable bonds is 5. The Balaban J connectivity index is 1.40. The van der Waals surface area contributed by atoms with Crippen molar-refractivity contribution in [2.75, 3.05) is 10.6 Å². The van der Waals surface area contributed by atoms with Gasteiger partial charge in [0.05, 0.1) is 16.8 Å². The molecule has 0 fully saturated rings. The fraction of sp³-hybridized carbons (Fsp3) is 0.167. The monoisotopic (exact) mass is 536 g/mol. The second-order valence-corrected chi connectivity index (χ2v) is 8.07. The van der Waals surface area contributed by atoms with Crippen LogP contribution in [0.1, 0.15) is 22.5 Å². The second-order valence-electron chi connectivity index (χ2n) is 8.07. The Morgan fingerprint density at radius 2 is 1.39 bits per heavy atom. The number of aryl methyl sites for hydroxylation is 2. The van der Waals surface area contributed by atoms with Crippen LogP contribution in [0.25, 0.3) is 5.82 Å². The molecule has 0 atom stereocenters. The number of nitrogens with one attached hydrogen (secondary N) is 2. The van der Waals surface area contributed by atoms with Crippen molar-refractivity contribution >= 4 is 17.4 Å². The number of hydrogen-bond donors (Lipinski definition) is 2. The first-order chi connectivity index (χ1) is 17.8. The summed E-state index contributed by atoms with van der Waals surface area (Å²) < 4.78 is 85.3. The van der Waals surface area contributed by atoms with Gasteiger partial charge in [-0.05, 0) is 68.4 Å². The molecule has 8 nitrogen and oxygen atoms in total. The largest absolute Gasteiger partial charge is 0.438 e. The molecule has 14 heteroatoms. The number of anilines is 2. The molecule has 0 saturated carbocycles. The number of benzene rings is 2. The summed E-state index contributed by atoms with van der Waals surface area (Å²) in [7, 11) is 0. The van der Waals surface area contributed by atoms with Gasteiger partial charge in [0.2, 0.25) is 5.88 Å². The lowest BCUT2D eigenvalue weighted by atomic mass is 10.1. The van der Waals surface area contributed by atoms with E-state index in [2.05, 4.69) is 20.6 Å². The Hall–Kier alpha value is -4.62. The van der Waals surface area contributed by atoms with E-state index in [9.17, 15) is 31.1 Å². The van der Waals surface area contributed by atoms with Crippen LogP contribution in [0.2, 0.25) is 0 Å². The van der Waals surface area contributed by atoms with E-state index in [1.807, 2.05) is 25.2 Å². The van der Waals surface area contributed by atoms with Crippen molar-refractivity contribution in [3.63, 3.8) is 0 Å². The van der Waals surface area contributed by atoms with Crippen LogP contribution in [-0.4, -0.2) is 26.0 Å². The third-order valence-corrected chi connectivity index (χ3v) is 5.03. The molecule has 0 spiro atoms. The minimum Gasteiger partial charge on any atom is -0.438 e. The molecule has 2 aromatic heterocycles. The Morgan fingerprint density at radius 3 is 1.89 bits per heavy atom. The van der Waals surface area contributed by atoms with Crippen molar-refractivity contribution in [3.05, 3.63) is 83.2 Å². The number of alkyl halides is 6. The number of carbonyl (C=O) groups excluding carboxylic acids is 1. The summed E-state index contributed by atoms with van der Waals surface area (Å²) >= 11 is 0. The zero-order valence-electron chi connectivity index (χ0n) is 19.6. The van der Waals surface area contributed by atoms with Gasteiger partial charge in [-0.25, -0.2) is 9.48 Å². The zero-order chi connectivity index (χ0) is 27.7. The highest BCUT2D eigenvalue weighted by molar-refractivity contribution is 5.99. The maximum atomic E-state index is 13.0. The van der Waals surface area contributed by atoms with E-state index in [-0.39, 0.29) is 17.6 Å². The lowest BCUT2D eigenvalue weighted by Gasteiger charge is -2.15. The summed E-state index contributed by atoms with van der Waals surface area (Å²) in [6.07, 6.45) is -10.1. The highest BCUT2D eigenvalue weighted by Crippen LogP contribution is 2.37. The normalized spacial score (nSPS) is 11.8. The minimum atomic E-state index is -5.04. The summed E-state index contributed by atoms with van der Waals surface area (Å²) in [5, 5.41) is 16.7. The van der Waals surface area contributed by atoms with Gasteiger partial charge >= 0.3 is 18.4 Å². The highest BCUT2D eigenvalue weighted by Gasteiger charge is 2.37. The van der Waals surface area contributed by atoms with Gasteiger partial charge in [-0.3, -0.25) is 0 Å². The van der Waals surface area contributed by atoms with Crippen molar-refractivity contribution in [2.45, 2.75) is 26.2 Å². The number of amides is 2. The van der Waals surface area contributed by atoms with Gasteiger partial charge in [0, 0.05) is 23.1 Å². The lowest BCUT2D eigenvalue weighted by Crippen LogP contribution is -2.20. The van der Waals surface area contributed by atoms with E-state index >= 15 is 0 Å². The molecular formula is C24H18F6N6O2. The summed E-state index contributed by atoms with van der Waals surface area (Å²) in [6.45, 7) is 3.73.